The highest BCUT2D eigenvalue weighted by Crippen LogP contribution is 2.74. The van der Waals surface area contributed by atoms with Gasteiger partial charge in [-0.15, -0.1) is 0 Å². The van der Waals surface area contributed by atoms with E-state index in [1.807, 2.05) is 0 Å². The van der Waals surface area contributed by atoms with Crippen LogP contribution in [-0.4, -0.2) is 5.78 Å². The Labute approximate surface area is 180 Å². The second-order valence-electron chi connectivity index (χ2n) is 13.7. The second kappa shape index (κ2) is 6.35. The summed E-state index contributed by atoms with van der Waals surface area (Å²) in [6.07, 6.45) is 15.0. The van der Waals surface area contributed by atoms with Crippen LogP contribution in [0.3, 0.4) is 0 Å². The van der Waals surface area contributed by atoms with Gasteiger partial charge in [-0.25, -0.2) is 0 Å². The summed E-state index contributed by atoms with van der Waals surface area (Å²) < 4.78 is 0. The first kappa shape index (κ1) is 20.6. The van der Waals surface area contributed by atoms with Crippen LogP contribution in [-0.2, 0) is 4.79 Å². The van der Waals surface area contributed by atoms with E-state index >= 15 is 0 Å². The topological polar surface area (TPSA) is 17.1 Å². The van der Waals surface area contributed by atoms with E-state index in [-0.39, 0.29) is 11.3 Å². The van der Waals surface area contributed by atoms with Crippen LogP contribution in [0.4, 0.5) is 0 Å². The standard InChI is InChI=1S/C28H46O/c1-18-9-12-25(3)15-16-27(5)20(21(25)17-18)10-13-28(6)23-8-7-22(29)19(2)26(23,4)14-11-24(27)28/h18-21,23-24H,7-17H2,1-6H3. The minimum Gasteiger partial charge on any atom is -0.299 e. The lowest BCUT2D eigenvalue weighted by atomic mass is 9.34. The molecule has 1 nitrogen and oxygen atoms in total. The van der Waals surface area contributed by atoms with Crippen LogP contribution in [0, 0.1) is 57.2 Å². The molecule has 5 aliphatic rings. The summed E-state index contributed by atoms with van der Waals surface area (Å²) in [5, 5.41) is 0. The van der Waals surface area contributed by atoms with Gasteiger partial charge in [-0.2, -0.15) is 0 Å². The maximum atomic E-state index is 12.6. The highest BCUT2D eigenvalue weighted by atomic mass is 16.1. The molecule has 5 saturated carbocycles. The summed E-state index contributed by atoms with van der Waals surface area (Å²) >= 11 is 0. The molecule has 0 spiro atoms. The number of hydrogen-bond acceptors (Lipinski definition) is 1. The Morgan fingerprint density at radius 1 is 0.690 bits per heavy atom. The summed E-state index contributed by atoms with van der Waals surface area (Å²) in [6.45, 7) is 15.4. The van der Waals surface area contributed by atoms with Gasteiger partial charge in [0.1, 0.15) is 5.78 Å². The van der Waals surface area contributed by atoms with E-state index in [9.17, 15) is 4.79 Å². The van der Waals surface area contributed by atoms with Crippen LogP contribution in [0.15, 0.2) is 0 Å². The van der Waals surface area contributed by atoms with Crippen molar-refractivity contribution in [2.75, 3.05) is 0 Å². The van der Waals surface area contributed by atoms with Gasteiger partial charge < -0.3 is 0 Å². The molecule has 0 aromatic rings. The highest BCUT2D eigenvalue weighted by Gasteiger charge is 2.66. The summed E-state index contributed by atoms with van der Waals surface area (Å²) in [4.78, 5) is 12.6. The predicted octanol–water partition coefficient (Wildman–Crippen LogP) is 7.68. The maximum absolute atomic E-state index is 12.6. The molecule has 164 valence electrons. The molecular weight excluding hydrogens is 352 g/mol. The summed E-state index contributed by atoms with van der Waals surface area (Å²) in [5.41, 5.74) is 1.88. The van der Waals surface area contributed by atoms with Gasteiger partial charge in [0.15, 0.2) is 0 Å². The summed E-state index contributed by atoms with van der Waals surface area (Å²) in [6, 6.07) is 0. The second-order valence-corrected chi connectivity index (χ2v) is 13.7. The quantitative estimate of drug-likeness (QED) is 0.409. The highest BCUT2D eigenvalue weighted by molar-refractivity contribution is 5.82. The SMILES string of the molecule is CC1CCC2(C)CCC3(C)C(CCC4(C)C5CCC(=O)C(C)C5(C)CCC34)C2C1. The number of rotatable bonds is 0. The van der Waals surface area contributed by atoms with E-state index in [0.717, 1.165) is 36.0 Å². The van der Waals surface area contributed by atoms with Crippen molar-refractivity contribution in [3.63, 3.8) is 0 Å². The molecule has 0 heterocycles. The zero-order valence-electron chi connectivity index (χ0n) is 20.2. The predicted molar refractivity (Wildman–Crippen MR) is 121 cm³/mol. The van der Waals surface area contributed by atoms with Gasteiger partial charge in [-0.05, 0) is 109 Å². The fourth-order valence-corrected chi connectivity index (χ4v) is 10.6. The van der Waals surface area contributed by atoms with Crippen molar-refractivity contribution >= 4 is 5.78 Å². The Morgan fingerprint density at radius 2 is 1.38 bits per heavy atom. The van der Waals surface area contributed by atoms with Crippen molar-refractivity contribution in [2.24, 2.45) is 57.2 Å². The average molecular weight is 399 g/mol. The molecule has 10 atom stereocenters. The molecule has 0 radical (unpaired) electrons. The Hall–Kier alpha value is -0.330. The number of ketones is 1. The third-order valence-corrected chi connectivity index (χ3v) is 12.6. The van der Waals surface area contributed by atoms with E-state index < -0.39 is 0 Å². The van der Waals surface area contributed by atoms with Crippen molar-refractivity contribution in [1.29, 1.82) is 0 Å². The Balaban J connectivity index is 1.50. The van der Waals surface area contributed by atoms with Gasteiger partial charge in [0.25, 0.3) is 0 Å². The van der Waals surface area contributed by atoms with Crippen LogP contribution < -0.4 is 0 Å². The molecule has 0 saturated heterocycles. The lowest BCUT2D eigenvalue weighted by Gasteiger charge is -2.70. The zero-order valence-corrected chi connectivity index (χ0v) is 20.2. The van der Waals surface area contributed by atoms with Crippen molar-refractivity contribution in [3.8, 4) is 0 Å². The third-order valence-electron chi connectivity index (χ3n) is 12.6. The van der Waals surface area contributed by atoms with E-state index in [2.05, 4.69) is 41.5 Å². The largest absolute Gasteiger partial charge is 0.299 e. The molecule has 0 aromatic carbocycles. The molecule has 0 aliphatic heterocycles. The van der Waals surface area contributed by atoms with E-state index in [1.54, 1.807) is 0 Å². The minimum atomic E-state index is 0.256. The molecule has 5 rings (SSSR count). The van der Waals surface area contributed by atoms with Crippen LogP contribution in [0.5, 0.6) is 0 Å². The molecule has 0 aromatic heterocycles. The van der Waals surface area contributed by atoms with Crippen molar-refractivity contribution in [2.45, 2.75) is 112 Å². The van der Waals surface area contributed by atoms with Crippen LogP contribution >= 0.6 is 0 Å². The lowest BCUT2D eigenvalue weighted by Crippen LogP contribution is -2.64. The van der Waals surface area contributed by atoms with E-state index in [4.69, 9.17) is 0 Å². The monoisotopic (exact) mass is 398 g/mol. The first-order chi connectivity index (χ1) is 13.5. The molecule has 29 heavy (non-hydrogen) atoms. The maximum Gasteiger partial charge on any atom is 0.136 e. The van der Waals surface area contributed by atoms with Gasteiger partial charge >= 0.3 is 0 Å². The van der Waals surface area contributed by atoms with Crippen molar-refractivity contribution < 1.29 is 4.79 Å². The molecule has 10 unspecified atom stereocenters. The normalized spacial score (nSPS) is 59.9. The molecule has 0 bridgehead atoms. The minimum absolute atomic E-state index is 0.256. The number of Topliss-reactive ketones (excluding diaryl/α,β-unsaturated/α-hetero) is 1. The van der Waals surface area contributed by atoms with Crippen molar-refractivity contribution in [3.05, 3.63) is 0 Å². The smallest absolute Gasteiger partial charge is 0.136 e. The first-order valence-electron chi connectivity index (χ1n) is 13.1. The van der Waals surface area contributed by atoms with Gasteiger partial charge in [0, 0.05) is 12.3 Å². The third kappa shape index (κ3) is 2.60. The van der Waals surface area contributed by atoms with Gasteiger partial charge in [0.2, 0.25) is 0 Å². The van der Waals surface area contributed by atoms with Gasteiger partial charge in [-0.3, -0.25) is 4.79 Å². The Morgan fingerprint density at radius 3 is 2.14 bits per heavy atom. The molecule has 5 aliphatic carbocycles. The average Bonchev–Trinajstić information content (AvgIpc) is 2.66. The van der Waals surface area contributed by atoms with Gasteiger partial charge in [-0.1, -0.05) is 48.0 Å². The van der Waals surface area contributed by atoms with Gasteiger partial charge in [0.05, 0.1) is 0 Å². The van der Waals surface area contributed by atoms with Crippen LogP contribution in [0.25, 0.3) is 0 Å². The summed E-state index contributed by atoms with van der Waals surface area (Å²) in [7, 11) is 0. The van der Waals surface area contributed by atoms with E-state index in [1.165, 1.54) is 64.2 Å². The number of fused-ring (bicyclic) bond motifs is 7. The van der Waals surface area contributed by atoms with E-state index in [0.29, 0.717) is 22.0 Å². The number of hydrogen-bond donors (Lipinski definition) is 0. The fourth-order valence-electron chi connectivity index (χ4n) is 10.6. The molecule has 0 amide bonds. The summed E-state index contributed by atoms with van der Waals surface area (Å²) in [5.74, 6) is 5.33. The number of carbonyl (C=O) groups excluding carboxylic acids is 1. The number of carbonyl (C=O) groups is 1. The zero-order chi connectivity index (χ0) is 20.8. The van der Waals surface area contributed by atoms with Crippen LogP contribution in [0.2, 0.25) is 0 Å². The molecule has 5 fully saturated rings. The lowest BCUT2D eigenvalue weighted by molar-refractivity contribution is -0.216. The Bertz CT molecular complexity index is 696. The van der Waals surface area contributed by atoms with Crippen molar-refractivity contribution in [1.82, 2.24) is 0 Å². The first-order valence-corrected chi connectivity index (χ1v) is 13.1. The fraction of sp³-hybridized carbons (Fsp3) is 0.964. The Kier molecular flexibility index (Phi) is 4.50. The van der Waals surface area contributed by atoms with Crippen LogP contribution in [0.1, 0.15) is 112 Å². The molecule has 0 N–H and O–H groups in total. The molecular formula is C28H46O. The molecule has 1 heteroatoms.